The largest absolute Gasteiger partial charge is 0.311 e. The predicted molar refractivity (Wildman–Crippen MR) is 74.3 cm³/mol. The molecule has 0 amide bonds. The summed E-state index contributed by atoms with van der Waals surface area (Å²) in [5, 5.41) is 3.66. The zero-order chi connectivity index (χ0) is 12.3. The summed E-state index contributed by atoms with van der Waals surface area (Å²) in [6.07, 6.45) is 8.63. The summed E-state index contributed by atoms with van der Waals surface area (Å²) in [6, 6.07) is 2.35. The van der Waals surface area contributed by atoms with Crippen LogP contribution in [0.1, 0.15) is 59.3 Å². The lowest BCUT2D eigenvalue weighted by Gasteiger charge is -2.46. The molecule has 1 aliphatic heterocycles. The number of nitrogens with zero attached hydrogens (tertiary/aromatic N) is 1. The van der Waals surface area contributed by atoms with Crippen LogP contribution in [-0.4, -0.2) is 36.1 Å². The minimum Gasteiger partial charge on any atom is -0.311 e. The van der Waals surface area contributed by atoms with E-state index < -0.39 is 0 Å². The van der Waals surface area contributed by atoms with E-state index in [2.05, 4.69) is 31.0 Å². The Morgan fingerprint density at radius 1 is 1.18 bits per heavy atom. The molecule has 1 saturated heterocycles. The van der Waals surface area contributed by atoms with Crippen LogP contribution in [0.5, 0.6) is 0 Å². The Morgan fingerprint density at radius 3 is 2.53 bits per heavy atom. The molecule has 2 rings (SSSR count). The van der Waals surface area contributed by atoms with Crippen LogP contribution < -0.4 is 5.32 Å². The van der Waals surface area contributed by atoms with Gasteiger partial charge in [0, 0.05) is 31.2 Å². The van der Waals surface area contributed by atoms with Crippen molar-refractivity contribution >= 4 is 0 Å². The van der Waals surface area contributed by atoms with Gasteiger partial charge in [0.1, 0.15) is 0 Å². The lowest BCUT2D eigenvalue weighted by Crippen LogP contribution is -2.59. The van der Waals surface area contributed by atoms with Crippen LogP contribution in [-0.2, 0) is 0 Å². The van der Waals surface area contributed by atoms with Crippen molar-refractivity contribution in [2.45, 2.75) is 77.4 Å². The van der Waals surface area contributed by atoms with Crippen molar-refractivity contribution in [3.05, 3.63) is 0 Å². The quantitative estimate of drug-likeness (QED) is 0.813. The molecular formula is C15H30N2. The molecule has 1 N–H and O–H groups in total. The van der Waals surface area contributed by atoms with Crippen LogP contribution >= 0.6 is 0 Å². The minimum absolute atomic E-state index is 0.681. The summed E-state index contributed by atoms with van der Waals surface area (Å²) in [7, 11) is 0. The molecule has 2 aliphatic rings. The Hall–Kier alpha value is -0.0800. The van der Waals surface area contributed by atoms with E-state index >= 15 is 0 Å². The van der Waals surface area contributed by atoms with Crippen molar-refractivity contribution in [2.75, 3.05) is 13.1 Å². The predicted octanol–water partition coefficient (Wildman–Crippen LogP) is 3.03. The number of nitrogens with one attached hydrogen (secondary N) is 1. The molecule has 100 valence electrons. The first-order chi connectivity index (χ1) is 8.16. The van der Waals surface area contributed by atoms with Gasteiger partial charge in [-0.1, -0.05) is 33.1 Å². The normalized spacial score (nSPS) is 33.2. The van der Waals surface area contributed by atoms with Gasteiger partial charge in [0.05, 0.1) is 0 Å². The average molecular weight is 238 g/mol. The van der Waals surface area contributed by atoms with E-state index in [1.807, 2.05) is 0 Å². The molecule has 0 bridgehead atoms. The Morgan fingerprint density at radius 2 is 1.88 bits per heavy atom. The highest BCUT2D eigenvalue weighted by atomic mass is 15.3. The smallest absolute Gasteiger partial charge is 0.0226 e. The third kappa shape index (κ3) is 3.69. The fourth-order valence-electron chi connectivity index (χ4n) is 3.61. The Labute approximate surface area is 107 Å². The van der Waals surface area contributed by atoms with Crippen LogP contribution in [0, 0.1) is 5.92 Å². The molecule has 17 heavy (non-hydrogen) atoms. The molecule has 0 radical (unpaired) electrons. The Bertz CT molecular complexity index is 221. The minimum atomic E-state index is 0.681. The van der Waals surface area contributed by atoms with Gasteiger partial charge in [-0.15, -0.1) is 0 Å². The fourth-order valence-corrected chi connectivity index (χ4v) is 3.61. The molecule has 0 spiro atoms. The molecule has 2 heteroatoms. The fraction of sp³-hybridized carbons (Fsp3) is 1.00. The number of hydrogen-bond acceptors (Lipinski definition) is 2. The van der Waals surface area contributed by atoms with E-state index in [0.29, 0.717) is 6.04 Å². The van der Waals surface area contributed by atoms with Crippen molar-refractivity contribution in [1.29, 1.82) is 0 Å². The van der Waals surface area contributed by atoms with Gasteiger partial charge < -0.3 is 5.32 Å². The molecular weight excluding hydrogens is 208 g/mol. The van der Waals surface area contributed by atoms with E-state index in [1.165, 1.54) is 51.6 Å². The summed E-state index contributed by atoms with van der Waals surface area (Å²) < 4.78 is 0. The van der Waals surface area contributed by atoms with Crippen LogP contribution in [0.3, 0.4) is 0 Å². The highest BCUT2D eigenvalue weighted by Gasteiger charge is 2.32. The summed E-state index contributed by atoms with van der Waals surface area (Å²) in [5.74, 6) is 0.821. The highest BCUT2D eigenvalue weighted by molar-refractivity contribution is 4.89. The van der Waals surface area contributed by atoms with Crippen LogP contribution in [0.15, 0.2) is 0 Å². The third-order valence-electron chi connectivity index (χ3n) is 4.44. The molecule has 0 aromatic heterocycles. The van der Waals surface area contributed by atoms with E-state index in [1.54, 1.807) is 0 Å². The highest BCUT2D eigenvalue weighted by Crippen LogP contribution is 2.27. The molecule has 2 nitrogen and oxygen atoms in total. The summed E-state index contributed by atoms with van der Waals surface area (Å²) >= 11 is 0. The van der Waals surface area contributed by atoms with Crippen molar-refractivity contribution in [3.8, 4) is 0 Å². The van der Waals surface area contributed by atoms with E-state index in [-0.39, 0.29) is 0 Å². The lowest BCUT2D eigenvalue weighted by atomic mass is 9.90. The standard InChI is InChI=1S/C15H30N2/c1-12(2)9-15-10-16-13(3)11-17(15)14-7-5-4-6-8-14/h12-16H,4-11H2,1-3H3. The number of hydrogen-bond donors (Lipinski definition) is 1. The van der Waals surface area contributed by atoms with E-state index in [4.69, 9.17) is 0 Å². The second-order valence-corrected chi connectivity index (χ2v) is 6.58. The van der Waals surface area contributed by atoms with Gasteiger partial charge in [-0.05, 0) is 32.1 Å². The second kappa shape index (κ2) is 6.19. The molecule has 0 aromatic carbocycles. The topological polar surface area (TPSA) is 15.3 Å². The van der Waals surface area contributed by atoms with E-state index in [0.717, 1.165) is 18.0 Å². The molecule has 1 saturated carbocycles. The first kappa shape index (κ1) is 13.4. The maximum absolute atomic E-state index is 3.66. The van der Waals surface area contributed by atoms with Crippen molar-refractivity contribution in [2.24, 2.45) is 5.92 Å². The monoisotopic (exact) mass is 238 g/mol. The molecule has 0 aromatic rings. The van der Waals surface area contributed by atoms with Gasteiger partial charge >= 0.3 is 0 Å². The first-order valence-electron chi connectivity index (χ1n) is 7.66. The number of rotatable bonds is 3. The molecule has 2 unspecified atom stereocenters. The van der Waals surface area contributed by atoms with Crippen LogP contribution in [0.25, 0.3) is 0 Å². The van der Waals surface area contributed by atoms with Gasteiger partial charge in [-0.2, -0.15) is 0 Å². The molecule has 1 heterocycles. The van der Waals surface area contributed by atoms with Gasteiger partial charge in [-0.3, -0.25) is 4.90 Å². The van der Waals surface area contributed by atoms with Crippen molar-refractivity contribution < 1.29 is 0 Å². The summed E-state index contributed by atoms with van der Waals surface area (Å²) in [5.41, 5.74) is 0. The van der Waals surface area contributed by atoms with Crippen molar-refractivity contribution in [1.82, 2.24) is 10.2 Å². The van der Waals surface area contributed by atoms with Crippen LogP contribution in [0.4, 0.5) is 0 Å². The van der Waals surface area contributed by atoms with Crippen molar-refractivity contribution in [3.63, 3.8) is 0 Å². The van der Waals surface area contributed by atoms with Gasteiger partial charge in [0.2, 0.25) is 0 Å². The second-order valence-electron chi connectivity index (χ2n) is 6.58. The average Bonchev–Trinajstić information content (AvgIpc) is 2.32. The maximum Gasteiger partial charge on any atom is 0.0226 e. The molecule has 2 fully saturated rings. The Kier molecular flexibility index (Phi) is 4.87. The van der Waals surface area contributed by atoms with Gasteiger partial charge in [0.25, 0.3) is 0 Å². The zero-order valence-corrected chi connectivity index (χ0v) is 11.9. The van der Waals surface area contributed by atoms with Gasteiger partial charge in [-0.25, -0.2) is 0 Å². The summed E-state index contributed by atoms with van der Waals surface area (Å²) in [6.45, 7) is 9.52. The zero-order valence-electron chi connectivity index (χ0n) is 11.9. The van der Waals surface area contributed by atoms with E-state index in [9.17, 15) is 0 Å². The SMILES string of the molecule is CC(C)CC1CNC(C)CN1C1CCCCC1. The maximum atomic E-state index is 3.66. The first-order valence-corrected chi connectivity index (χ1v) is 7.66. The molecule has 2 atom stereocenters. The Balaban J connectivity index is 1.96. The number of piperazine rings is 1. The lowest BCUT2D eigenvalue weighted by molar-refractivity contribution is 0.0546. The van der Waals surface area contributed by atoms with Gasteiger partial charge in [0.15, 0.2) is 0 Å². The van der Waals surface area contributed by atoms with Crippen LogP contribution in [0.2, 0.25) is 0 Å². The third-order valence-corrected chi connectivity index (χ3v) is 4.44. The summed E-state index contributed by atoms with van der Waals surface area (Å²) in [4.78, 5) is 2.85. The molecule has 1 aliphatic carbocycles.